The van der Waals surface area contributed by atoms with E-state index in [-0.39, 0.29) is 10.0 Å². The Bertz CT molecular complexity index is 423. The van der Waals surface area contributed by atoms with E-state index in [1.165, 1.54) is 0 Å². The molecule has 0 aliphatic carbocycles. The van der Waals surface area contributed by atoms with Crippen LogP contribution in [0.1, 0.15) is 26.3 Å². The summed E-state index contributed by atoms with van der Waals surface area (Å²) in [4.78, 5) is 0. The third kappa shape index (κ3) is 4.04. The monoisotopic (exact) mass is 323 g/mol. The number of benzene rings is 1. The summed E-state index contributed by atoms with van der Waals surface area (Å²) in [5.41, 5.74) is 0.0870. The molecule has 1 unspecified atom stereocenters. The van der Waals surface area contributed by atoms with Crippen LogP contribution < -0.4 is 0 Å². The van der Waals surface area contributed by atoms with Crippen LogP contribution in [0.3, 0.4) is 0 Å². The zero-order valence-electron chi connectivity index (χ0n) is 9.63. The summed E-state index contributed by atoms with van der Waals surface area (Å²) in [6, 6.07) is 1.89. The van der Waals surface area contributed by atoms with Crippen LogP contribution in [0.25, 0.3) is 0 Å². The van der Waals surface area contributed by atoms with Crippen molar-refractivity contribution in [3.8, 4) is 0 Å². The molecule has 0 fully saturated rings. The minimum atomic E-state index is -1.47. The lowest BCUT2D eigenvalue weighted by molar-refractivity contribution is 0.561. The molecular formula is C11H12BrF2NOS. The van der Waals surface area contributed by atoms with Crippen LogP contribution in [-0.4, -0.2) is 15.5 Å². The lowest BCUT2D eigenvalue weighted by Crippen LogP contribution is -2.25. The van der Waals surface area contributed by atoms with Gasteiger partial charge in [0.2, 0.25) is 0 Å². The van der Waals surface area contributed by atoms with Gasteiger partial charge in [0.05, 0.1) is 6.21 Å². The lowest BCUT2D eigenvalue weighted by Gasteiger charge is -2.17. The van der Waals surface area contributed by atoms with Crippen molar-refractivity contribution >= 4 is 33.5 Å². The van der Waals surface area contributed by atoms with Crippen LogP contribution in [0, 0.1) is 11.6 Å². The minimum Gasteiger partial charge on any atom is -0.591 e. The third-order valence-corrected chi connectivity index (χ3v) is 3.85. The van der Waals surface area contributed by atoms with Gasteiger partial charge in [-0.3, -0.25) is 0 Å². The van der Waals surface area contributed by atoms with E-state index in [2.05, 4.69) is 20.3 Å². The zero-order valence-corrected chi connectivity index (χ0v) is 12.0. The number of rotatable bonds is 2. The highest BCUT2D eigenvalue weighted by atomic mass is 79.9. The molecule has 17 heavy (non-hydrogen) atoms. The summed E-state index contributed by atoms with van der Waals surface area (Å²) >= 11 is 1.56. The number of nitrogens with zero attached hydrogens (tertiary/aromatic N) is 1. The molecule has 0 saturated heterocycles. The van der Waals surface area contributed by atoms with Gasteiger partial charge in [-0.2, -0.15) is 0 Å². The first-order valence-electron chi connectivity index (χ1n) is 4.82. The molecule has 0 bridgehead atoms. The van der Waals surface area contributed by atoms with Gasteiger partial charge in [-0.25, -0.2) is 8.78 Å². The van der Waals surface area contributed by atoms with Crippen molar-refractivity contribution < 1.29 is 13.3 Å². The Morgan fingerprint density at radius 2 is 1.94 bits per heavy atom. The molecule has 0 saturated carbocycles. The van der Waals surface area contributed by atoms with Gasteiger partial charge in [0.15, 0.2) is 0 Å². The van der Waals surface area contributed by atoms with Crippen LogP contribution in [0.2, 0.25) is 0 Å². The highest BCUT2D eigenvalue weighted by molar-refractivity contribution is 9.10. The standard InChI is InChI=1S/C11H12BrF2NOS/c1-11(2,3)17(16)15-6-8-9(12)4-7(13)5-10(8)14/h4-6H,1-3H3. The lowest BCUT2D eigenvalue weighted by atomic mass is 10.2. The summed E-state index contributed by atoms with van der Waals surface area (Å²) in [5, 5.41) is 0. The predicted molar refractivity (Wildman–Crippen MR) is 69.5 cm³/mol. The Hall–Kier alpha value is -0.460. The molecule has 1 rings (SSSR count). The van der Waals surface area contributed by atoms with Gasteiger partial charge >= 0.3 is 0 Å². The summed E-state index contributed by atoms with van der Waals surface area (Å²) in [6.45, 7) is 5.28. The molecule has 0 amide bonds. The maximum Gasteiger partial charge on any atom is 0.144 e. The van der Waals surface area contributed by atoms with Crippen molar-refractivity contribution in [1.82, 2.24) is 0 Å². The average Bonchev–Trinajstić information content (AvgIpc) is 2.13. The Labute approximate surface area is 111 Å². The van der Waals surface area contributed by atoms with E-state index < -0.39 is 27.7 Å². The Morgan fingerprint density at radius 3 is 2.41 bits per heavy atom. The van der Waals surface area contributed by atoms with Gasteiger partial charge < -0.3 is 4.55 Å². The highest BCUT2D eigenvalue weighted by Gasteiger charge is 2.26. The maximum atomic E-state index is 13.4. The molecule has 0 aromatic heterocycles. The molecule has 0 spiro atoms. The fourth-order valence-corrected chi connectivity index (χ4v) is 1.96. The van der Waals surface area contributed by atoms with E-state index >= 15 is 0 Å². The second-order valence-corrected chi connectivity index (χ2v) is 7.17. The van der Waals surface area contributed by atoms with Crippen molar-refractivity contribution in [1.29, 1.82) is 0 Å². The van der Waals surface area contributed by atoms with Gasteiger partial charge in [0.1, 0.15) is 27.7 Å². The largest absolute Gasteiger partial charge is 0.591 e. The normalized spacial score (nSPS) is 14.3. The average molecular weight is 324 g/mol. The van der Waals surface area contributed by atoms with Gasteiger partial charge in [0, 0.05) is 16.1 Å². The molecule has 0 radical (unpaired) electrons. The zero-order chi connectivity index (χ0) is 13.2. The first kappa shape index (κ1) is 14.6. The van der Waals surface area contributed by atoms with Gasteiger partial charge in [0.25, 0.3) is 0 Å². The van der Waals surface area contributed by atoms with Crippen molar-refractivity contribution in [2.24, 2.45) is 4.40 Å². The van der Waals surface area contributed by atoms with Gasteiger partial charge in [-0.15, -0.1) is 0 Å². The highest BCUT2D eigenvalue weighted by Crippen LogP contribution is 2.22. The minimum absolute atomic E-state index is 0.0870. The smallest absolute Gasteiger partial charge is 0.144 e. The topological polar surface area (TPSA) is 35.4 Å². The van der Waals surface area contributed by atoms with E-state index in [0.29, 0.717) is 0 Å². The fourth-order valence-electron chi connectivity index (χ4n) is 0.935. The Morgan fingerprint density at radius 1 is 1.35 bits per heavy atom. The summed E-state index contributed by atoms with van der Waals surface area (Å²) in [6.07, 6.45) is 1.15. The van der Waals surface area contributed by atoms with Crippen LogP contribution in [0.15, 0.2) is 21.0 Å². The van der Waals surface area contributed by atoms with E-state index in [0.717, 1.165) is 18.3 Å². The second-order valence-electron chi connectivity index (χ2n) is 4.38. The Kier molecular flexibility index (Phi) is 4.69. The summed E-state index contributed by atoms with van der Waals surface area (Å²) < 4.78 is 41.3. The first-order chi connectivity index (χ1) is 7.71. The fraction of sp³-hybridized carbons (Fsp3) is 0.364. The van der Waals surface area contributed by atoms with Crippen molar-refractivity contribution in [2.75, 3.05) is 0 Å². The summed E-state index contributed by atoms with van der Waals surface area (Å²) in [7, 11) is 0. The molecule has 0 aliphatic rings. The molecule has 2 nitrogen and oxygen atoms in total. The third-order valence-electron chi connectivity index (χ3n) is 1.85. The molecule has 1 aromatic carbocycles. The SMILES string of the molecule is CC(C)(C)[S+]([O-])N=Cc1c(F)cc(F)cc1Br. The number of hydrogen-bond acceptors (Lipinski definition) is 2. The Balaban J connectivity index is 3.00. The molecule has 0 N–H and O–H groups in total. The number of halogens is 3. The van der Waals surface area contributed by atoms with Gasteiger partial charge in [-0.05, 0) is 42.8 Å². The van der Waals surface area contributed by atoms with Crippen LogP contribution in [-0.2, 0) is 11.4 Å². The van der Waals surface area contributed by atoms with Crippen molar-refractivity contribution in [2.45, 2.75) is 25.5 Å². The predicted octanol–water partition coefficient (Wildman–Crippen LogP) is 3.61. The molecule has 6 heteroatoms. The molecule has 0 aliphatic heterocycles. The molecule has 1 atom stereocenters. The van der Waals surface area contributed by atoms with Crippen LogP contribution in [0.5, 0.6) is 0 Å². The van der Waals surface area contributed by atoms with E-state index in [1.807, 2.05) is 0 Å². The molecular weight excluding hydrogens is 312 g/mol. The van der Waals surface area contributed by atoms with Gasteiger partial charge in [-0.1, -0.05) is 4.40 Å². The second kappa shape index (κ2) is 5.46. The summed E-state index contributed by atoms with van der Waals surface area (Å²) in [5.74, 6) is -1.42. The van der Waals surface area contributed by atoms with E-state index in [1.54, 1.807) is 20.8 Å². The van der Waals surface area contributed by atoms with E-state index in [9.17, 15) is 13.3 Å². The molecule has 94 valence electrons. The van der Waals surface area contributed by atoms with Crippen molar-refractivity contribution in [3.63, 3.8) is 0 Å². The van der Waals surface area contributed by atoms with Crippen LogP contribution in [0.4, 0.5) is 8.78 Å². The van der Waals surface area contributed by atoms with E-state index in [4.69, 9.17) is 0 Å². The molecule has 1 aromatic rings. The van der Waals surface area contributed by atoms with Crippen LogP contribution >= 0.6 is 15.9 Å². The first-order valence-corrected chi connectivity index (χ1v) is 6.72. The molecule has 0 heterocycles. The van der Waals surface area contributed by atoms with Crippen molar-refractivity contribution in [3.05, 3.63) is 33.8 Å². The number of hydrogen-bond donors (Lipinski definition) is 0. The maximum absolute atomic E-state index is 13.4. The quantitative estimate of drug-likeness (QED) is 0.605.